The van der Waals surface area contributed by atoms with Gasteiger partial charge in [0.15, 0.2) is 6.17 Å². The Kier molecular flexibility index (Phi) is 4.25. The quantitative estimate of drug-likeness (QED) is 0.766. The third-order valence-electron chi connectivity index (χ3n) is 2.95. The van der Waals surface area contributed by atoms with Gasteiger partial charge in [0.05, 0.1) is 0 Å². The summed E-state index contributed by atoms with van der Waals surface area (Å²) in [6.07, 6.45) is 0.947. The van der Waals surface area contributed by atoms with Crippen LogP contribution in [0, 0.1) is 0 Å². The zero-order chi connectivity index (χ0) is 13.0. The van der Waals surface area contributed by atoms with Crippen molar-refractivity contribution in [1.82, 2.24) is 4.90 Å². The van der Waals surface area contributed by atoms with E-state index in [1.54, 1.807) is 0 Å². The van der Waals surface area contributed by atoms with Crippen LogP contribution in [0.3, 0.4) is 0 Å². The summed E-state index contributed by atoms with van der Waals surface area (Å²) in [5.41, 5.74) is 1.30. The van der Waals surface area contributed by atoms with Gasteiger partial charge in [0.2, 0.25) is 5.11 Å². The first-order chi connectivity index (χ1) is 8.74. The molecule has 0 aromatic heterocycles. The fraction of sp³-hybridized carbons (Fsp3) is 0.462. The van der Waals surface area contributed by atoms with Crippen molar-refractivity contribution in [1.29, 1.82) is 0 Å². The summed E-state index contributed by atoms with van der Waals surface area (Å²) in [6, 6.07) is 8.13. The van der Waals surface area contributed by atoms with Crippen LogP contribution in [0.25, 0.3) is 0 Å². The summed E-state index contributed by atoms with van der Waals surface area (Å²) < 4.78 is 5.71. The number of azo groups is 1. The van der Waals surface area contributed by atoms with Crippen molar-refractivity contribution in [2.24, 2.45) is 10.2 Å². The molecule has 1 aliphatic rings. The Morgan fingerprint density at radius 2 is 2.00 bits per heavy atom. The SMILES string of the molecule is CCc1ccc(OCC2N=NC(=S)N2CC)cc1. The van der Waals surface area contributed by atoms with E-state index in [2.05, 4.69) is 29.3 Å². The Bertz CT molecular complexity index is 444. The molecule has 5 heteroatoms. The minimum Gasteiger partial charge on any atom is -0.489 e. The number of ether oxygens (including phenoxy) is 1. The molecule has 1 aromatic carbocycles. The Labute approximate surface area is 113 Å². The van der Waals surface area contributed by atoms with Gasteiger partial charge in [-0.05, 0) is 43.3 Å². The molecule has 0 fully saturated rings. The summed E-state index contributed by atoms with van der Waals surface area (Å²) in [5.74, 6) is 0.858. The maximum absolute atomic E-state index is 5.71. The van der Waals surface area contributed by atoms with E-state index >= 15 is 0 Å². The summed E-state index contributed by atoms with van der Waals surface area (Å²) in [7, 11) is 0. The van der Waals surface area contributed by atoms with Crippen LogP contribution in [0.1, 0.15) is 19.4 Å². The first-order valence-electron chi connectivity index (χ1n) is 6.17. The van der Waals surface area contributed by atoms with E-state index < -0.39 is 0 Å². The highest BCUT2D eigenvalue weighted by Gasteiger charge is 2.25. The van der Waals surface area contributed by atoms with Crippen LogP contribution >= 0.6 is 12.2 Å². The molecule has 0 saturated carbocycles. The molecule has 1 heterocycles. The van der Waals surface area contributed by atoms with Gasteiger partial charge in [0.1, 0.15) is 12.4 Å². The fourth-order valence-corrected chi connectivity index (χ4v) is 2.12. The Balaban J connectivity index is 1.91. The highest BCUT2D eigenvalue weighted by atomic mass is 32.1. The smallest absolute Gasteiger partial charge is 0.217 e. The molecule has 1 unspecified atom stereocenters. The van der Waals surface area contributed by atoms with Gasteiger partial charge < -0.3 is 9.64 Å². The second kappa shape index (κ2) is 5.91. The van der Waals surface area contributed by atoms with Crippen molar-refractivity contribution in [2.45, 2.75) is 26.4 Å². The van der Waals surface area contributed by atoms with E-state index in [0.29, 0.717) is 11.7 Å². The molecule has 2 rings (SSSR count). The number of thiocarbonyl (C=S) groups is 1. The first kappa shape index (κ1) is 13.0. The molecule has 18 heavy (non-hydrogen) atoms. The second-order valence-electron chi connectivity index (χ2n) is 4.07. The van der Waals surface area contributed by atoms with Crippen LogP contribution < -0.4 is 4.74 Å². The lowest BCUT2D eigenvalue weighted by Gasteiger charge is -2.21. The molecule has 1 aromatic rings. The summed E-state index contributed by atoms with van der Waals surface area (Å²) >= 11 is 5.09. The predicted molar refractivity (Wildman–Crippen MR) is 74.9 cm³/mol. The van der Waals surface area contributed by atoms with E-state index in [0.717, 1.165) is 18.7 Å². The van der Waals surface area contributed by atoms with Crippen molar-refractivity contribution >= 4 is 17.3 Å². The van der Waals surface area contributed by atoms with Crippen LogP contribution in [0.5, 0.6) is 5.75 Å². The van der Waals surface area contributed by atoms with Gasteiger partial charge in [0.25, 0.3) is 0 Å². The average molecular weight is 263 g/mol. The molecule has 0 spiro atoms. The summed E-state index contributed by atoms with van der Waals surface area (Å²) in [4.78, 5) is 1.95. The Morgan fingerprint density at radius 3 is 2.61 bits per heavy atom. The highest BCUT2D eigenvalue weighted by molar-refractivity contribution is 7.80. The van der Waals surface area contributed by atoms with Gasteiger partial charge in [-0.15, -0.1) is 5.11 Å². The molecule has 4 nitrogen and oxygen atoms in total. The number of benzene rings is 1. The van der Waals surface area contributed by atoms with Gasteiger partial charge >= 0.3 is 0 Å². The lowest BCUT2D eigenvalue weighted by molar-refractivity contribution is 0.215. The van der Waals surface area contributed by atoms with Crippen molar-refractivity contribution < 1.29 is 4.74 Å². The minimum atomic E-state index is -0.0895. The van der Waals surface area contributed by atoms with Crippen LogP contribution in [0.4, 0.5) is 0 Å². The Morgan fingerprint density at radius 1 is 1.28 bits per heavy atom. The lowest BCUT2D eigenvalue weighted by atomic mass is 10.2. The zero-order valence-electron chi connectivity index (χ0n) is 10.7. The van der Waals surface area contributed by atoms with Gasteiger partial charge in [-0.1, -0.05) is 19.1 Å². The maximum atomic E-state index is 5.71. The topological polar surface area (TPSA) is 37.2 Å². The molecule has 0 aliphatic carbocycles. The molecule has 0 saturated heterocycles. The molecule has 96 valence electrons. The zero-order valence-corrected chi connectivity index (χ0v) is 11.5. The van der Waals surface area contributed by atoms with Crippen molar-refractivity contribution in [3.05, 3.63) is 29.8 Å². The maximum Gasteiger partial charge on any atom is 0.217 e. The first-order valence-corrected chi connectivity index (χ1v) is 6.58. The average Bonchev–Trinajstić information content (AvgIpc) is 2.77. The van der Waals surface area contributed by atoms with Crippen LogP contribution in [-0.4, -0.2) is 29.3 Å². The third-order valence-corrected chi connectivity index (χ3v) is 3.27. The van der Waals surface area contributed by atoms with E-state index in [1.165, 1.54) is 5.56 Å². The number of aryl methyl sites for hydroxylation is 1. The number of hydrogen-bond donors (Lipinski definition) is 0. The van der Waals surface area contributed by atoms with E-state index in [9.17, 15) is 0 Å². The largest absolute Gasteiger partial charge is 0.489 e. The molecule has 0 bridgehead atoms. The molecule has 1 aliphatic heterocycles. The van der Waals surface area contributed by atoms with E-state index in [-0.39, 0.29) is 6.17 Å². The molecule has 0 radical (unpaired) electrons. The summed E-state index contributed by atoms with van der Waals surface area (Å²) in [6.45, 7) is 5.44. The van der Waals surface area contributed by atoms with Crippen molar-refractivity contribution in [3.8, 4) is 5.75 Å². The minimum absolute atomic E-state index is 0.0895. The van der Waals surface area contributed by atoms with Gasteiger partial charge in [-0.2, -0.15) is 5.11 Å². The van der Waals surface area contributed by atoms with Gasteiger partial charge in [-0.25, -0.2) is 0 Å². The molecular formula is C13H17N3OS. The fourth-order valence-electron chi connectivity index (χ4n) is 1.82. The second-order valence-corrected chi connectivity index (χ2v) is 4.44. The number of nitrogens with zero attached hydrogens (tertiary/aromatic N) is 3. The molecule has 0 N–H and O–H groups in total. The van der Waals surface area contributed by atoms with Gasteiger partial charge in [0, 0.05) is 6.54 Å². The molecule has 1 atom stereocenters. The van der Waals surface area contributed by atoms with Gasteiger partial charge in [-0.3, -0.25) is 0 Å². The Hall–Kier alpha value is -1.49. The lowest BCUT2D eigenvalue weighted by Crippen LogP contribution is -2.36. The highest BCUT2D eigenvalue weighted by Crippen LogP contribution is 2.17. The van der Waals surface area contributed by atoms with Crippen LogP contribution in [0.2, 0.25) is 0 Å². The predicted octanol–water partition coefficient (Wildman–Crippen LogP) is 3.03. The molecule has 0 amide bonds. The third kappa shape index (κ3) is 2.85. The van der Waals surface area contributed by atoms with E-state index in [4.69, 9.17) is 17.0 Å². The van der Waals surface area contributed by atoms with Crippen LogP contribution in [0.15, 0.2) is 34.5 Å². The van der Waals surface area contributed by atoms with Crippen molar-refractivity contribution in [2.75, 3.05) is 13.2 Å². The van der Waals surface area contributed by atoms with E-state index in [1.807, 2.05) is 24.0 Å². The van der Waals surface area contributed by atoms with Crippen molar-refractivity contribution in [3.63, 3.8) is 0 Å². The van der Waals surface area contributed by atoms with Crippen LogP contribution in [-0.2, 0) is 6.42 Å². The normalized spacial score (nSPS) is 18.4. The number of hydrogen-bond acceptors (Lipinski definition) is 3. The summed E-state index contributed by atoms with van der Waals surface area (Å²) in [5, 5.41) is 8.56. The standard InChI is InChI=1S/C13H17N3OS/c1-3-10-5-7-11(8-6-10)17-9-12-14-15-13(18)16(12)4-2/h5-8,12H,3-4,9H2,1-2H3. The molecular weight excluding hydrogens is 246 g/mol. The number of likely N-dealkylation sites (N-methyl/N-ethyl adjacent to an activating group) is 1. The monoisotopic (exact) mass is 263 g/mol. The number of rotatable bonds is 5.